The van der Waals surface area contributed by atoms with Crippen LogP contribution in [0.2, 0.25) is 0 Å². The number of para-hydroxylation sites is 1. The zero-order chi connectivity index (χ0) is 20.2. The van der Waals surface area contributed by atoms with Crippen LogP contribution in [-0.4, -0.2) is 44.7 Å². The number of rotatable bonds is 6. The van der Waals surface area contributed by atoms with Gasteiger partial charge in [0.25, 0.3) is 0 Å². The lowest BCUT2D eigenvalue weighted by atomic mass is 10.0. The predicted octanol–water partition coefficient (Wildman–Crippen LogP) is 3.48. The second-order valence-electron chi connectivity index (χ2n) is 7.53. The highest BCUT2D eigenvalue weighted by molar-refractivity contribution is 5.79. The molecule has 0 radical (unpaired) electrons. The highest BCUT2D eigenvalue weighted by Gasteiger charge is 2.31. The van der Waals surface area contributed by atoms with Crippen LogP contribution in [0.5, 0.6) is 17.2 Å². The van der Waals surface area contributed by atoms with Crippen LogP contribution >= 0.6 is 0 Å². The number of ether oxygens (including phenoxy) is 3. The van der Waals surface area contributed by atoms with Crippen molar-refractivity contribution in [2.75, 3.05) is 33.9 Å². The minimum Gasteiger partial charge on any atom is -0.497 e. The molecule has 1 amide bonds. The van der Waals surface area contributed by atoms with E-state index in [1.807, 2.05) is 42.5 Å². The highest BCUT2D eigenvalue weighted by Crippen LogP contribution is 2.39. The van der Waals surface area contributed by atoms with E-state index >= 15 is 0 Å². The van der Waals surface area contributed by atoms with Gasteiger partial charge in [-0.3, -0.25) is 9.69 Å². The van der Waals surface area contributed by atoms with Crippen LogP contribution in [0.4, 0.5) is 0 Å². The van der Waals surface area contributed by atoms with Crippen molar-refractivity contribution in [2.24, 2.45) is 0 Å². The average Bonchev–Trinajstić information content (AvgIpc) is 3.21. The summed E-state index contributed by atoms with van der Waals surface area (Å²) in [5.41, 5.74) is 2.13. The van der Waals surface area contributed by atoms with E-state index in [9.17, 15) is 4.79 Å². The molecule has 2 heterocycles. The molecule has 6 heteroatoms. The summed E-state index contributed by atoms with van der Waals surface area (Å²) in [7, 11) is 3.34. The zero-order valence-corrected chi connectivity index (χ0v) is 17.0. The van der Waals surface area contributed by atoms with Crippen molar-refractivity contribution in [1.29, 1.82) is 0 Å². The molecule has 4 rings (SSSR count). The van der Waals surface area contributed by atoms with E-state index in [4.69, 9.17) is 14.2 Å². The number of hydrogen-bond acceptors (Lipinski definition) is 5. The molecule has 0 unspecified atom stereocenters. The Hall–Kier alpha value is -2.73. The summed E-state index contributed by atoms with van der Waals surface area (Å²) in [4.78, 5) is 15.1. The molecule has 2 aromatic rings. The molecule has 1 fully saturated rings. The summed E-state index contributed by atoms with van der Waals surface area (Å²) in [6.07, 6.45) is 2.84. The first-order valence-corrected chi connectivity index (χ1v) is 10.2. The van der Waals surface area contributed by atoms with Crippen molar-refractivity contribution in [2.45, 2.75) is 31.3 Å². The van der Waals surface area contributed by atoms with Gasteiger partial charge in [-0.05, 0) is 43.7 Å². The zero-order valence-electron chi connectivity index (χ0n) is 17.0. The first kappa shape index (κ1) is 19.6. The topological polar surface area (TPSA) is 60.0 Å². The van der Waals surface area contributed by atoms with Gasteiger partial charge in [0, 0.05) is 23.6 Å². The van der Waals surface area contributed by atoms with Crippen LogP contribution in [0.25, 0.3) is 0 Å². The standard InChI is InChI=1S/C23H28N2O4/c1-27-16-9-10-21(28-2)18(14-16)20-7-5-12-25(20)15-23(26)24-19-11-13-29-22-8-4-3-6-17(19)22/h3-4,6,8-10,14,19-20H,5,7,11-13,15H2,1-2H3,(H,24,26)/t19-,20+/m0/s1. The van der Waals surface area contributed by atoms with Crippen LogP contribution in [0.15, 0.2) is 42.5 Å². The van der Waals surface area contributed by atoms with E-state index in [-0.39, 0.29) is 18.0 Å². The number of hydrogen-bond donors (Lipinski definition) is 1. The van der Waals surface area contributed by atoms with Gasteiger partial charge >= 0.3 is 0 Å². The maximum Gasteiger partial charge on any atom is 0.234 e. The van der Waals surface area contributed by atoms with E-state index in [0.717, 1.165) is 54.2 Å². The lowest BCUT2D eigenvalue weighted by molar-refractivity contribution is -0.123. The number of nitrogens with zero attached hydrogens (tertiary/aromatic N) is 1. The van der Waals surface area contributed by atoms with Crippen LogP contribution in [-0.2, 0) is 4.79 Å². The Bertz CT molecular complexity index is 870. The van der Waals surface area contributed by atoms with Crippen molar-refractivity contribution in [3.05, 3.63) is 53.6 Å². The van der Waals surface area contributed by atoms with Crippen molar-refractivity contribution in [3.63, 3.8) is 0 Å². The molecule has 6 nitrogen and oxygen atoms in total. The van der Waals surface area contributed by atoms with Gasteiger partial charge in [0.05, 0.1) is 33.4 Å². The first-order valence-electron chi connectivity index (χ1n) is 10.2. The van der Waals surface area contributed by atoms with Gasteiger partial charge in [-0.15, -0.1) is 0 Å². The fourth-order valence-electron chi connectivity index (χ4n) is 4.38. The average molecular weight is 396 g/mol. The number of likely N-dealkylation sites (tertiary alicyclic amines) is 1. The maximum absolute atomic E-state index is 12.9. The molecular weight excluding hydrogens is 368 g/mol. The fraction of sp³-hybridized carbons (Fsp3) is 0.435. The molecule has 154 valence electrons. The molecule has 1 saturated heterocycles. The van der Waals surface area contributed by atoms with Crippen LogP contribution < -0.4 is 19.5 Å². The summed E-state index contributed by atoms with van der Waals surface area (Å²) in [6, 6.07) is 13.9. The van der Waals surface area contributed by atoms with E-state index in [1.165, 1.54) is 0 Å². The van der Waals surface area contributed by atoms with Gasteiger partial charge in [0.15, 0.2) is 0 Å². The molecule has 0 spiro atoms. The molecule has 29 heavy (non-hydrogen) atoms. The van der Waals surface area contributed by atoms with E-state index in [1.54, 1.807) is 14.2 Å². The van der Waals surface area contributed by atoms with Crippen molar-refractivity contribution < 1.29 is 19.0 Å². The summed E-state index contributed by atoms with van der Waals surface area (Å²) < 4.78 is 16.7. The minimum atomic E-state index is -0.000131. The second-order valence-corrected chi connectivity index (χ2v) is 7.53. The van der Waals surface area contributed by atoms with E-state index in [2.05, 4.69) is 10.2 Å². The quantitative estimate of drug-likeness (QED) is 0.810. The third-order valence-electron chi connectivity index (χ3n) is 5.80. The monoisotopic (exact) mass is 396 g/mol. The number of amides is 1. The van der Waals surface area contributed by atoms with E-state index < -0.39 is 0 Å². The molecule has 1 N–H and O–H groups in total. The number of benzene rings is 2. The molecule has 0 aliphatic carbocycles. The smallest absolute Gasteiger partial charge is 0.234 e. The Kier molecular flexibility index (Phi) is 5.90. The fourth-order valence-corrected chi connectivity index (χ4v) is 4.38. The lowest BCUT2D eigenvalue weighted by Crippen LogP contribution is -2.40. The molecular formula is C23H28N2O4. The summed E-state index contributed by atoms with van der Waals surface area (Å²) in [5.74, 6) is 2.54. The molecule has 2 atom stereocenters. The number of methoxy groups -OCH3 is 2. The summed E-state index contributed by atoms with van der Waals surface area (Å²) >= 11 is 0. The number of nitrogens with one attached hydrogen (secondary N) is 1. The van der Waals surface area contributed by atoms with Crippen molar-refractivity contribution in [3.8, 4) is 17.2 Å². The number of carbonyl (C=O) groups is 1. The molecule has 2 aromatic carbocycles. The molecule has 2 aliphatic rings. The van der Waals surface area contributed by atoms with Gasteiger partial charge < -0.3 is 19.5 Å². The third-order valence-corrected chi connectivity index (χ3v) is 5.80. The van der Waals surface area contributed by atoms with Crippen LogP contribution in [0.1, 0.15) is 42.5 Å². The third kappa shape index (κ3) is 4.17. The van der Waals surface area contributed by atoms with Gasteiger partial charge in [-0.25, -0.2) is 0 Å². The van der Waals surface area contributed by atoms with Crippen molar-refractivity contribution >= 4 is 5.91 Å². The van der Waals surface area contributed by atoms with E-state index in [0.29, 0.717) is 13.2 Å². The van der Waals surface area contributed by atoms with Gasteiger partial charge in [0.1, 0.15) is 17.2 Å². The molecule has 2 aliphatic heterocycles. The first-order chi connectivity index (χ1) is 14.2. The predicted molar refractivity (Wildman–Crippen MR) is 111 cm³/mol. The van der Waals surface area contributed by atoms with Crippen LogP contribution in [0.3, 0.4) is 0 Å². The number of carbonyl (C=O) groups excluding carboxylic acids is 1. The Balaban J connectivity index is 1.46. The molecule has 0 bridgehead atoms. The largest absolute Gasteiger partial charge is 0.497 e. The maximum atomic E-state index is 12.9. The SMILES string of the molecule is COc1ccc(OC)c([C@H]2CCCN2CC(=O)N[C@H]2CCOc3ccccc32)c1. The Morgan fingerprint density at radius 3 is 2.83 bits per heavy atom. The second kappa shape index (κ2) is 8.74. The van der Waals surface area contributed by atoms with Gasteiger partial charge in [-0.2, -0.15) is 0 Å². The molecule has 0 saturated carbocycles. The summed E-state index contributed by atoms with van der Waals surface area (Å²) in [5, 5.41) is 3.21. The number of fused-ring (bicyclic) bond motifs is 1. The normalized spacial score (nSPS) is 21.2. The summed E-state index contributed by atoms with van der Waals surface area (Å²) in [6.45, 7) is 1.88. The van der Waals surface area contributed by atoms with Crippen molar-refractivity contribution in [1.82, 2.24) is 10.2 Å². The minimum absolute atomic E-state index is 0.000131. The Morgan fingerprint density at radius 2 is 2.00 bits per heavy atom. The van der Waals surface area contributed by atoms with Crippen LogP contribution in [0, 0.1) is 0 Å². The van der Waals surface area contributed by atoms with Gasteiger partial charge in [0.2, 0.25) is 5.91 Å². The Labute approximate surface area is 171 Å². The lowest BCUT2D eigenvalue weighted by Gasteiger charge is -2.29. The Morgan fingerprint density at radius 1 is 1.14 bits per heavy atom. The molecule has 0 aromatic heterocycles. The van der Waals surface area contributed by atoms with Gasteiger partial charge in [-0.1, -0.05) is 18.2 Å². The highest BCUT2D eigenvalue weighted by atomic mass is 16.5.